The Bertz CT molecular complexity index is 527. The smallest absolute Gasteiger partial charge is 0.253 e. The highest BCUT2D eigenvalue weighted by atomic mass is 16.1. The fraction of sp³-hybridized carbons (Fsp3) is 0.385. The van der Waals surface area contributed by atoms with Gasteiger partial charge in [-0.25, -0.2) is 0 Å². The summed E-state index contributed by atoms with van der Waals surface area (Å²) in [7, 11) is 5.54. The molecule has 0 atom stereocenters. The molecule has 5 nitrogen and oxygen atoms in total. The molecule has 0 fully saturated rings. The van der Waals surface area contributed by atoms with Gasteiger partial charge in [0.1, 0.15) is 0 Å². The third-order valence-electron chi connectivity index (χ3n) is 3.03. The van der Waals surface area contributed by atoms with Crippen LogP contribution in [0.4, 0.5) is 0 Å². The van der Waals surface area contributed by atoms with Crippen LogP contribution in [0.1, 0.15) is 26.5 Å². The number of carbonyl (C=O) groups excluding carboxylic acids is 2. The van der Waals surface area contributed by atoms with Crippen molar-refractivity contribution < 1.29 is 9.59 Å². The first kappa shape index (κ1) is 12.4. The van der Waals surface area contributed by atoms with E-state index in [9.17, 15) is 9.59 Å². The van der Waals surface area contributed by atoms with Gasteiger partial charge in [0, 0.05) is 52.1 Å². The summed E-state index contributed by atoms with van der Waals surface area (Å²) < 4.78 is 1.82. The topological polar surface area (TPSA) is 54.3 Å². The van der Waals surface area contributed by atoms with Gasteiger partial charge < -0.3 is 14.8 Å². The molecule has 2 rings (SSSR count). The summed E-state index contributed by atoms with van der Waals surface area (Å²) in [6, 6.07) is 1.67. The summed E-state index contributed by atoms with van der Waals surface area (Å²) in [6.07, 6.45) is 3.98. The molecule has 1 N–H and O–H groups in total. The summed E-state index contributed by atoms with van der Waals surface area (Å²) in [5, 5.41) is 2.78. The minimum Gasteiger partial charge on any atom is -0.383 e. The minimum absolute atomic E-state index is 0.0894. The second-order valence-corrected chi connectivity index (χ2v) is 4.60. The zero-order valence-electron chi connectivity index (χ0n) is 10.9. The van der Waals surface area contributed by atoms with Crippen molar-refractivity contribution in [2.45, 2.75) is 6.42 Å². The largest absolute Gasteiger partial charge is 0.383 e. The molecule has 1 aliphatic rings. The van der Waals surface area contributed by atoms with Crippen LogP contribution in [-0.4, -0.2) is 41.8 Å². The molecule has 1 amide bonds. The van der Waals surface area contributed by atoms with Gasteiger partial charge in [0.15, 0.2) is 0 Å². The molecule has 1 aromatic rings. The van der Waals surface area contributed by atoms with E-state index in [-0.39, 0.29) is 11.7 Å². The number of ketones is 1. The van der Waals surface area contributed by atoms with Crippen LogP contribution in [0.3, 0.4) is 0 Å². The average Bonchev–Trinajstić information content (AvgIpc) is 2.66. The fourth-order valence-corrected chi connectivity index (χ4v) is 2.07. The number of carbonyl (C=O) groups is 2. The second-order valence-electron chi connectivity index (χ2n) is 4.60. The molecule has 1 aromatic heterocycles. The molecule has 0 aromatic carbocycles. The standard InChI is InChI=1S/C13H17N3O2/c1-15(2)7-5-12(17)11-8-9-10(16(11)3)4-6-14-13(9)18/h5,7-8H,4,6H2,1-3H3,(H,14,18). The highest BCUT2D eigenvalue weighted by Crippen LogP contribution is 2.19. The summed E-state index contributed by atoms with van der Waals surface area (Å²) in [4.78, 5) is 25.5. The van der Waals surface area contributed by atoms with Crippen molar-refractivity contribution in [1.82, 2.24) is 14.8 Å². The number of amides is 1. The van der Waals surface area contributed by atoms with Crippen molar-refractivity contribution in [1.29, 1.82) is 0 Å². The Labute approximate surface area is 106 Å². The molecular formula is C13H17N3O2. The summed E-state index contributed by atoms with van der Waals surface area (Å²) in [5.74, 6) is -0.184. The Morgan fingerprint density at radius 2 is 2.22 bits per heavy atom. The first-order chi connectivity index (χ1) is 8.50. The van der Waals surface area contributed by atoms with Gasteiger partial charge in [-0.05, 0) is 6.07 Å². The molecule has 0 saturated heterocycles. The molecule has 0 unspecified atom stereocenters. The molecular weight excluding hydrogens is 230 g/mol. The number of aromatic nitrogens is 1. The minimum atomic E-state index is -0.0949. The van der Waals surface area contributed by atoms with Gasteiger partial charge in [-0.3, -0.25) is 9.59 Å². The second kappa shape index (κ2) is 4.68. The number of hydrogen-bond donors (Lipinski definition) is 1. The van der Waals surface area contributed by atoms with Crippen LogP contribution < -0.4 is 5.32 Å². The van der Waals surface area contributed by atoms with Crippen LogP contribution in [0, 0.1) is 0 Å². The molecule has 0 radical (unpaired) electrons. The van der Waals surface area contributed by atoms with Crippen molar-refractivity contribution in [3.8, 4) is 0 Å². The van der Waals surface area contributed by atoms with E-state index in [2.05, 4.69) is 5.32 Å². The lowest BCUT2D eigenvalue weighted by molar-refractivity contribution is 0.0945. The number of hydrogen-bond acceptors (Lipinski definition) is 3. The molecule has 0 aliphatic carbocycles. The quantitative estimate of drug-likeness (QED) is 0.627. The van der Waals surface area contributed by atoms with Crippen molar-refractivity contribution >= 4 is 11.7 Å². The fourth-order valence-electron chi connectivity index (χ4n) is 2.07. The molecule has 1 aliphatic heterocycles. The van der Waals surface area contributed by atoms with E-state index >= 15 is 0 Å². The molecule has 2 heterocycles. The van der Waals surface area contributed by atoms with Crippen LogP contribution in [-0.2, 0) is 13.5 Å². The summed E-state index contributed by atoms with van der Waals surface area (Å²) in [5.41, 5.74) is 2.10. The van der Waals surface area contributed by atoms with E-state index in [1.165, 1.54) is 6.08 Å². The maximum atomic E-state index is 12.0. The van der Waals surface area contributed by atoms with Gasteiger partial charge in [-0.1, -0.05) is 0 Å². The molecule has 0 saturated carbocycles. The lowest BCUT2D eigenvalue weighted by Gasteiger charge is -2.14. The number of nitrogens with zero attached hydrogens (tertiary/aromatic N) is 2. The van der Waals surface area contributed by atoms with E-state index in [1.807, 2.05) is 25.7 Å². The molecule has 0 bridgehead atoms. The molecule has 96 valence electrons. The lowest BCUT2D eigenvalue weighted by Crippen LogP contribution is -2.31. The van der Waals surface area contributed by atoms with Crippen molar-refractivity contribution in [3.63, 3.8) is 0 Å². The highest BCUT2D eigenvalue weighted by molar-refractivity contribution is 6.06. The van der Waals surface area contributed by atoms with Gasteiger partial charge in [-0.2, -0.15) is 0 Å². The van der Waals surface area contributed by atoms with E-state index < -0.39 is 0 Å². The first-order valence-electron chi connectivity index (χ1n) is 5.86. The lowest BCUT2D eigenvalue weighted by atomic mass is 10.1. The van der Waals surface area contributed by atoms with Crippen molar-refractivity contribution in [2.75, 3.05) is 20.6 Å². The maximum absolute atomic E-state index is 12.0. The normalized spacial score (nSPS) is 14.5. The predicted octanol–water partition coefficient (Wildman–Crippen LogP) is 0.569. The summed E-state index contributed by atoms with van der Waals surface area (Å²) >= 11 is 0. The molecule has 5 heteroatoms. The highest BCUT2D eigenvalue weighted by Gasteiger charge is 2.23. The Hall–Kier alpha value is -2.04. The van der Waals surface area contributed by atoms with Crippen molar-refractivity contribution in [3.05, 3.63) is 35.3 Å². The number of rotatable bonds is 3. The predicted molar refractivity (Wildman–Crippen MR) is 68.6 cm³/mol. The number of allylic oxidation sites excluding steroid dienone is 1. The number of nitrogens with one attached hydrogen (secondary N) is 1. The number of fused-ring (bicyclic) bond motifs is 1. The Morgan fingerprint density at radius 1 is 1.50 bits per heavy atom. The van der Waals surface area contributed by atoms with E-state index in [0.29, 0.717) is 17.8 Å². The SMILES string of the molecule is CN(C)C=CC(=O)c1cc2c(n1C)CCNC2=O. The van der Waals surface area contributed by atoms with Crippen LogP contribution in [0.5, 0.6) is 0 Å². The van der Waals surface area contributed by atoms with Gasteiger partial charge in [0.05, 0.1) is 11.3 Å². The van der Waals surface area contributed by atoms with Crippen LogP contribution in [0.2, 0.25) is 0 Å². The first-order valence-corrected chi connectivity index (χ1v) is 5.86. The van der Waals surface area contributed by atoms with Crippen molar-refractivity contribution in [2.24, 2.45) is 7.05 Å². The van der Waals surface area contributed by atoms with Gasteiger partial charge in [0.25, 0.3) is 5.91 Å². The van der Waals surface area contributed by atoms with Gasteiger partial charge in [-0.15, -0.1) is 0 Å². The monoisotopic (exact) mass is 247 g/mol. The Balaban J connectivity index is 2.35. The zero-order valence-corrected chi connectivity index (χ0v) is 10.9. The summed E-state index contributed by atoms with van der Waals surface area (Å²) in [6.45, 7) is 0.630. The van der Waals surface area contributed by atoms with Gasteiger partial charge in [0.2, 0.25) is 5.78 Å². The Kier molecular flexibility index (Phi) is 3.23. The van der Waals surface area contributed by atoms with E-state index in [0.717, 1.165) is 12.1 Å². The van der Waals surface area contributed by atoms with E-state index in [4.69, 9.17) is 0 Å². The third kappa shape index (κ3) is 2.16. The Morgan fingerprint density at radius 3 is 2.83 bits per heavy atom. The van der Waals surface area contributed by atoms with E-state index in [1.54, 1.807) is 17.2 Å². The zero-order chi connectivity index (χ0) is 13.3. The maximum Gasteiger partial charge on any atom is 0.253 e. The average molecular weight is 247 g/mol. The molecule has 0 spiro atoms. The van der Waals surface area contributed by atoms with Crippen LogP contribution >= 0.6 is 0 Å². The van der Waals surface area contributed by atoms with Crippen LogP contribution in [0.25, 0.3) is 0 Å². The van der Waals surface area contributed by atoms with Crippen LogP contribution in [0.15, 0.2) is 18.3 Å². The third-order valence-corrected chi connectivity index (χ3v) is 3.03. The molecule has 18 heavy (non-hydrogen) atoms. The van der Waals surface area contributed by atoms with Gasteiger partial charge >= 0.3 is 0 Å².